The molecule has 0 aromatic heterocycles. The summed E-state index contributed by atoms with van der Waals surface area (Å²) in [5.74, 6) is 0. The second-order valence-electron chi connectivity index (χ2n) is 0.0630. The van der Waals surface area contributed by atoms with Crippen LogP contribution in [0.4, 0.5) is 27.9 Å². The first-order chi connectivity index (χ1) is 3.41. The van der Waals surface area contributed by atoms with Crippen LogP contribution in [0.2, 0.25) is 0 Å². The molecule has 0 aromatic carbocycles. The molecule has 0 radical (unpaired) electrons. The maximum atomic E-state index is 8.50. The zero-order chi connectivity index (χ0) is 6.71. The molecule has 0 rings (SSSR count). The van der Waals surface area contributed by atoms with Crippen molar-refractivity contribution in [3.63, 3.8) is 0 Å². The monoisotopic (exact) mass is 239 g/mol. The Labute approximate surface area is 62.0 Å². The number of hydrogen-bond donors (Lipinski definition) is 2. The quantitative estimate of drug-likeness (QED) is 0.464. The van der Waals surface area contributed by atoms with Gasteiger partial charge in [0, 0.05) is 0 Å². The Morgan fingerprint density at radius 3 is 0.727 bits per heavy atom. The first-order valence-corrected chi connectivity index (χ1v) is 1.61. The molecule has 0 atom stereocenters. The van der Waals surface area contributed by atoms with Gasteiger partial charge >= 0.3 is 22.5 Å². The van der Waals surface area contributed by atoms with Gasteiger partial charge in [0.1, 0.15) is 0 Å². The van der Waals surface area contributed by atoms with E-state index in [0.717, 1.165) is 0 Å². The van der Waals surface area contributed by atoms with Crippen LogP contribution in [0.15, 0.2) is 0 Å². The first-order valence-electron chi connectivity index (χ1n) is 0.647. The molecule has 0 amide bonds. The normalized spacial score (nSPS) is 2.18. The summed E-state index contributed by atoms with van der Waals surface area (Å²) < 4.78 is 33.8. The van der Waals surface area contributed by atoms with E-state index in [9.17, 15) is 0 Å². The van der Waals surface area contributed by atoms with Gasteiger partial charge in [-0.05, 0) is 0 Å². The molecule has 0 aliphatic heterocycles. The summed E-state index contributed by atoms with van der Waals surface area (Å²) in [6.07, 6.45) is 0. The SMILES string of the molecule is F.F.F.F.OF.OF.[O]=[Mn]=[O]. The van der Waals surface area contributed by atoms with E-state index >= 15 is 0 Å². The topological polar surface area (TPSA) is 74.6 Å². The summed E-state index contributed by atoms with van der Waals surface area (Å²) in [6.45, 7) is 0. The summed E-state index contributed by atoms with van der Waals surface area (Å²) in [4.78, 5) is 0. The molecule has 0 fully saturated rings. The average Bonchev–Trinajstić information content (AvgIpc) is 1.78. The summed E-state index contributed by atoms with van der Waals surface area (Å²) >= 11 is -1.44. The molecular formula is H6F6MnO4. The molecule has 0 saturated heterocycles. The van der Waals surface area contributed by atoms with Gasteiger partial charge in [-0.2, -0.15) is 0 Å². The Morgan fingerprint density at radius 2 is 0.727 bits per heavy atom. The van der Waals surface area contributed by atoms with Gasteiger partial charge < -0.3 is 0 Å². The molecule has 11 heteroatoms. The van der Waals surface area contributed by atoms with Crippen molar-refractivity contribution in [2.24, 2.45) is 0 Å². The van der Waals surface area contributed by atoms with Crippen molar-refractivity contribution in [1.82, 2.24) is 0 Å². The van der Waals surface area contributed by atoms with Crippen molar-refractivity contribution < 1.29 is 61.0 Å². The molecule has 0 bridgehead atoms. The van der Waals surface area contributed by atoms with Crippen LogP contribution in [0.3, 0.4) is 0 Å². The van der Waals surface area contributed by atoms with Crippen molar-refractivity contribution in [1.29, 1.82) is 0 Å². The van der Waals surface area contributed by atoms with Crippen LogP contribution in [0, 0.1) is 0 Å². The van der Waals surface area contributed by atoms with Crippen LogP contribution in [-0.4, -0.2) is 10.6 Å². The molecule has 2 N–H and O–H groups in total. The number of rotatable bonds is 0. The Bertz CT molecular complexity index is 35.6. The summed E-state index contributed by atoms with van der Waals surface area (Å²) in [5.41, 5.74) is 0. The van der Waals surface area contributed by atoms with Crippen LogP contribution in [0.5, 0.6) is 0 Å². The van der Waals surface area contributed by atoms with Crippen LogP contribution < -0.4 is 0 Å². The van der Waals surface area contributed by atoms with Crippen LogP contribution in [0.1, 0.15) is 0 Å². The molecule has 4 nitrogen and oxygen atoms in total. The minimum absolute atomic E-state index is 0. The molecule has 0 unspecified atom stereocenters. The van der Waals surface area contributed by atoms with E-state index in [4.69, 9.17) is 27.3 Å². The first kappa shape index (κ1) is 75.0. The maximum absolute atomic E-state index is 8.50. The third-order valence-corrected chi connectivity index (χ3v) is 0. The minimum atomic E-state index is -1.44. The van der Waals surface area contributed by atoms with E-state index in [-0.39, 0.29) is 18.8 Å². The van der Waals surface area contributed by atoms with Crippen molar-refractivity contribution >= 4 is 0 Å². The third-order valence-electron chi connectivity index (χ3n) is 0. The fourth-order valence-electron chi connectivity index (χ4n) is 0. The van der Waals surface area contributed by atoms with E-state index in [1.807, 2.05) is 0 Å². The van der Waals surface area contributed by atoms with Gasteiger partial charge in [0.05, 0.1) is 0 Å². The molecule has 79 valence electrons. The van der Waals surface area contributed by atoms with E-state index < -0.39 is 14.8 Å². The summed E-state index contributed by atoms with van der Waals surface area (Å²) in [5, 5.41) is 11.0. The molecular weight excluding hydrogens is 233 g/mol. The van der Waals surface area contributed by atoms with Crippen molar-refractivity contribution in [2.45, 2.75) is 0 Å². The fourth-order valence-corrected chi connectivity index (χ4v) is 0. The summed E-state index contributed by atoms with van der Waals surface area (Å²) in [7, 11) is 0. The van der Waals surface area contributed by atoms with E-state index in [1.54, 1.807) is 0 Å². The summed E-state index contributed by atoms with van der Waals surface area (Å²) in [6, 6.07) is 0. The van der Waals surface area contributed by atoms with E-state index in [1.165, 1.54) is 0 Å². The van der Waals surface area contributed by atoms with Gasteiger partial charge in [0.2, 0.25) is 0 Å². The van der Waals surface area contributed by atoms with Gasteiger partial charge in [-0.1, -0.05) is 9.05 Å². The Kier molecular flexibility index (Phi) is 12700. The van der Waals surface area contributed by atoms with Crippen LogP contribution in [0.25, 0.3) is 0 Å². The van der Waals surface area contributed by atoms with Crippen LogP contribution in [-0.2, 0) is 22.5 Å². The Hall–Kier alpha value is -0.381. The van der Waals surface area contributed by atoms with E-state index in [0.29, 0.717) is 0 Å². The standard InChI is InChI=1S/2FHO.4FH.Mn.2O/c2*1-2;;;;;;;/h2*2H;4*1H;;;. The van der Waals surface area contributed by atoms with E-state index in [2.05, 4.69) is 0 Å². The zero-order valence-corrected chi connectivity index (χ0v) is 5.66. The number of hydrogen-bond acceptors (Lipinski definition) is 4. The van der Waals surface area contributed by atoms with Crippen molar-refractivity contribution in [3.05, 3.63) is 0 Å². The van der Waals surface area contributed by atoms with Gasteiger partial charge in [-0.3, -0.25) is 18.8 Å². The average molecular weight is 239 g/mol. The Balaban J connectivity index is -0.00000000378. The number of halogens is 6. The predicted octanol–water partition coefficient (Wildman–Crippen LogP) is 0.0963. The molecule has 0 aromatic rings. The molecule has 0 heterocycles. The second-order valence-corrected chi connectivity index (χ2v) is 0.260. The second kappa shape index (κ2) is 1860. The molecule has 0 saturated carbocycles. The molecule has 11 heavy (non-hydrogen) atoms. The van der Waals surface area contributed by atoms with Gasteiger partial charge in [0.15, 0.2) is 0 Å². The Morgan fingerprint density at radius 1 is 0.727 bits per heavy atom. The zero-order valence-electron chi connectivity index (χ0n) is 4.48. The van der Waals surface area contributed by atoms with Gasteiger partial charge in [-0.15, -0.1) is 0 Å². The van der Waals surface area contributed by atoms with Gasteiger partial charge in [-0.25, -0.2) is 10.6 Å². The molecule has 0 aliphatic carbocycles. The molecule has 0 aliphatic rings. The van der Waals surface area contributed by atoms with Crippen molar-refractivity contribution in [2.75, 3.05) is 0 Å². The third kappa shape index (κ3) is 3860. The molecule has 0 spiro atoms. The predicted molar refractivity (Wildman–Crippen MR) is 18.0 cm³/mol. The van der Waals surface area contributed by atoms with Crippen LogP contribution >= 0.6 is 0 Å². The van der Waals surface area contributed by atoms with Crippen molar-refractivity contribution in [3.8, 4) is 0 Å². The fraction of sp³-hybridized carbons (Fsp3) is 0. The van der Waals surface area contributed by atoms with Gasteiger partial charge in [0.25, 0.3) is 0 Å².